The Labute approximate surface area is 122 Å². The molecule has 0 saturated carbocycles. The molecule has 2 aromatic rings. The lowest BCUT2D eigenvalue weighted by atomic mass is 10.1. The maximum Gasteiger partial charge on any atom is 0.337 e. The first-order valence-electron chi connectivity index (χ1n) is 6.55. The first-order valence-corrected chi connectivity index (χ1v) is 6.55. The lowest BCUT2D eigenvalue weighted by Crippen LogP contribution is -2.07. The molecule has 1 N–H and O–H groups in total. The average Bonchev–Trinajstić information content (AvgIpc) is 2.52. The number of ether oxygens (including phenoxy) is 1. The number of rotatable bonds is 6. The normalized spacial score (nSPS) is 10.2. The third-order valence-electron chi connectivity index (χ3n) is 2.91. The van der Waals surface area contributed by atoms with Gasteiger partial charge in [0.25, 0.3) is 0 Å². The van der Waals surface area contributed by atoms with Crippen LogP contribution in [0.3, 0.4) is 0 Å². The van der Waals surface area contributed by atoms with E-state index < -0.39 is 4.92 Å². The Morgan fingerprint density at radius 2 is 2.00 bits per heavy atom. The molecule has 1 aromatic heterocycles. The van der Waals surface area contributed by atoms with Crippen LogP contribution in [0.15, 0.2) is 30.6 Å². The van der Waals surface area contributed by atoms with E-state index >= 15 is 0 Å². The summed E-state index contributed by atoms with van der Waals surface area (Å²) >= 11 is 0. The van der Waals surface area contributed by atoms with Gasteiger partial charge >= 0.3 is 5.69 Å². The number of aromatic nitrogens is 2. The van der Waals surface area contributed by atoms with Crippen LogP contribution in [0, 0.1) is 10.1 Å². The average molecular weight is 288 g/mol. The molecule has 0 atom stereocenters. The number of methoxy groups -OCH3 is 1. The van der Waals surface area contributed by atoms with E-state index in [0.717, 1.165) is 6.42 Å². The molecular formula is C14H16N4O3. The van der Waals surface area contributed by atoms with Crippen LogP contribution in [0.4, 0.5) is 11.5 Å². The van der Waals surface area contributed by atoms with E-state index in [1.54, 1.807) is 31.4 Å². The van der Waals surface area contributed by atoms with Crippen molar-refractivity contribution in [3.63, 3.8) is 0 Å². The SMILES string of the molecule is CCCNc1ncnc(-c2ccc(OC)cc2)c1[N+](=O)[O-]. The molecule has 0 aliphatic carbocycles. The second kappa shape index (κ2) is 6.65. The van der Waals surface area contributed by atoms with Gasteiger partial charge in [-0.05, 0) is 30.7 Å². The zero-order valence-electron chi connectivity index (χ0n) is 11.9. The fraction of sp³-hybridized carbons (Fsp3) is 0.286. The van der Waals surface area contributed by atoms with Gasteiger partial charge in [-0.2, -0.15) is 0 Å². The summed E-state index contributed by atoms with van der Waals surface area (Å²) in [7, 11) is 1.56. The van der Waals surface area contributed by atoms with Gasteiger partial charge in [0.05, 0.1) is 12.0 Å². The van der Waals surface area contributed by atoms with Gasteiger partial charge in [-0.1, -0.05) is 6.92 Å². The van der Waals surface area contributed by atoms with Crippen LogP contribution in [-0.4, -0.2) is 28.5 Å². The summed E-state index contributed by atoms with van der Waals surface area (Å²) in [6, 6.07) is 6.94. The lowest BCUT2D eigenvalue weighted by Gasteiger charge is -2.08. The molecule has 21 heavy (non-hydrogen) atoms. The molecule has 0 fully saturated rings. The summed E-state index contributed by atoms with van der Waals surface area (Å²) in [5, 5.41) is 14.3. The first-order chi connectivity index (χ1) is 10.2. The number of nitro groups is 1. The van der Waals surface area contributed by atoms with Crippen LogP contribution >= 0.6 is 0 Å². The van der Waals surface area contributed by atoms with E-state index in [0.29, 0.717) is 17.9 Å². The number of nitrogens with one attached hydrogen (secondary N) is 1. The van der Waals surface area contributed by atoms with Crippen LogP contribution in [-0.2, 0) is 0 Å². The molecule has 0 aliphatic heterocycles. The fourth-order valence-electron chi connectivity index (χ4n) is 1.88. The molecule has 1 heterocycles. The van der Waals surface area contributed by atoms with Crippen molar-refractivity contribution in [2.45, 2.75) is 13.3 Å². The Hall–Kier alpha value is -2.70. The third kappa shape index (κ3) is 3.25. The topological polar surface area (TPSA) is 90.2 Å². The predicted octanol–water partition coefficient (Wildman–Crippen LogP) is 2.88. The summed E-state index contributed by atoms with van der Waals surface area (Å²) in [4.78, 5) is 18.9. The number of anilines is 1. The smallest absolute Gasteiger partial charge is 0.337 e. The standard InChI is InChI=1S/C14H16N4O3/c1-3-8-15-14-13(18(19)20)12(16-9-17-14)10-4-6-11(21-2)7-5-10/h4-7,9H,3,8H2,1-2H3,(H,15,16,17). The molecule has 1 aromatic carbocycles. The minimum absolute atomic E-state index is 0.115. The molecule has 0 spiro atoms. The van der Waals surface area contributed by atoms with E-state index in [2.05, 4.69) is 15.3 Å². The Bertz CT molecular complexity index is 629. The van der Waals surface area contributed by atoms with Crippen LogP contribution in [0.5, 0.6) is 5.75 Å². The molecule has 7 nitrogen and oxygen atoms in total. The highest BCUT2D eigenvalue weighted by Gasteiger charge is 2.23. The Balaban J connectivity index is 2.48. The molecule has 0 unspecified atom stereocenters. The second-order valence-electron chi connectivity index (χ2n) is 4.33. The van der Waals surface area contributed by atoms with E-state index in [4.69, 9.17) is 4.74 Å². The number of hydrogen-bond acceptors (Lipinski definition) is 6. The molecule has 0 amide bonds. The van der Waals surface area contributed by atoms with E-state index in [-0.39, 0.29) is 17.2 Å². The lowest BCUT2D eigenvalue weighted by molar-refractivity contribution is -0.383. The van der Waals surface area contributed by atoms with Gasteiger partial charge < -0.3 is 10.1 Å². The van der Waals surface area contributed by atoms with Crippen molar-refractivity contribution in [2.75, 3.05) is 19.0 Å². The van der Waals surface area contributed by atoms with Crippen molar-refractivity contribution in [2.24, 2.45) is 0 Å². The fourth-order valence-corrected chi connectivity index (χ4v) is 1.88. The number of nitrogens with zero attached hydrogens (tertiary/aromatic N) is 3. The highest BCUT2D eigenvalue weighted by molar-refractivity contribution is 5.76. The van der Waals surface area contributed by atoms with Gasteiger partial charge in [-0.25, -0.2) is 9.97 Å². The van der Waals surface area contributed by atoms with Crippen molar-refractivity contribution in [3.05, 3.63) is 40.7 Å². The molecule has 110 valence electrons. The quantitative estimate of drug-likeness (QED) is 0.649. The molecule has 2 rings (SSSR count). The van der Waals surface area contributed by atoms with Gasteiger partial charge in [-0.3, -0.25) is 10.1 Å². The van der Waals surface area contributed by atoms with Crippen LogP contribution in [0.25, 0.3) is 11.3 Å². The number of benzene rings is 1. The largest absolute Gasteiger partial charge is 0.497 e. The van der Waals surface area contributed by atoms with Crippen molar-refractivity contribution in [1.29, 1.82) is 0 Å². The summed E-state index contributed by atoms with van der Waals surface area (Å²) in [6.07, 6.45) is 2.17. The molecule has 7 heteroatoms. The van der Waals surface area contributed by atoms with Crippen molar-refractivity contribution in [1.82, 2.24) is 9.97 Å². The third-order valence-corrected chi connectivity index (χ3v) is 2.91. The highest BCUT2D eigenvalue weighted by Crippen LogP contribution is 2.33. The minimum Gasteiger partial charge on any atom is -0.497 e. The maximum atomic E-state index is 11.4. The molecule has 0 bridgehead atoms. The summed E-state index contributed by atoms with van der Waals surface area (Å²) in [6.45, 7) is 2.59. The van der Waals surface area contributed by atoms with Gasteiger partial charge in [0.2, 0.25) is 5.82 Å². The highest BCUT2D eigenvalue weighted by atomic mass is 16.6. The van der Waals surface area contributed by atoms with Gasteiger partial charge in [0.15, 0.2) is 5.69 Å². The minimum atomic E-state index is -0.461. The predicted molar refractivity (Wildman–Crippen MR) is 79.5 cm³/mol. The second-order valence-corrected chi connectivity index (χ2v) is 4.33. The Morgan fingerprint density at radius 3 is 2.57 bits per heavy atom. The van der Waals surface area contributed by atoms with Crippen molar-refractivity contribution in [3.8, 4) is 17.0 Å². The van der Waals surface area contributed by atoms with Gasteiger partial charge in [0, 0.05) is 12.1 Å². The molecule has 0 aliphatic rings. The monoisotopic (exact) mass is 288 g/mol. The zero-order chi connectivity index (χ0) is 15.2. The summed E-state index contributed by atoms with van der Waals surface area (Å²) in [5.41, 5.74) is 0.817. The van der Waals surface area contributed by atoms with Crippen molar-refractivity contribution < 1.29 is 9.66 Å². The van der Waals surface area contributed by atoms with Crippen LogP contribution in [0.2, 0.25) is 0 Å². The Morgan fingerprint density at radius 1 is 1.29 bits per heavy atom. The van der Waals surface area contributed by atoms with Crippen LogP contribution in [0.1, 0.15) is 13.3 Å². The maximum absolute atomic E-state index is 11.4. The van der Waals surface area contributed by atoms with Crippen LogP contribution < -0.4 is 10.1 Å². The van der Waals surface area contributed by atoms with E-state index in [1.165, 1.54) is 6.33 Å². The van der Waals surface area contributed by atoms with Crippen molar-refractivity contribution >= 4 is 11.5 Å². The zero-order valence-corrected chi connectivity index (χ0v) is 11.9. The summed E-state index contributed by atoms with van der Waals surface area (Å²) in [5.74, 6) is 0.919. The molecule has 0 radical (unpaired) electrons. The van der Waals surface area contributed by atoms with E-state index in [9.17, 15) is 10.1 Å². The van der Waals surface area contributed by atoms with Gasteiger partial charge in [-0.15, -0.1) is 0 Å². The van der Waals surface area contributed by atoms with Gasteiger partial charge in [0.1, 0.15) is 12.1 Å². The summed E-state index contributed by atoms with van der Waals surface area (Å²) < 4.78 is 5.08. The van der Waals surface area contributed by atoms with E-state index in [1.807, 2.05) is 6.92 Å². The molecule has 0 saturated heterocycles. The number of hydrogen-bond donors (Lipinski definition) is 1. The Kier molecular flexibility index (Phi) is 4.65. The molecular weight excluding hydrogens is 272 g/mol. The first kappa shape index (κ1) is 14.7.